The van der Waals surface area contributed by atoms with Gasteiger partial charge in [-0.3, -0.25) is 4.90 Å². The van der Waals surface area contributed by atoms with Crippen molar-refractivity contribution < 1.29 is 0 Å². The maximum atomic E-state index is 6.31. The standard InChI is InChI=1S/C15H24N2/c1-3-14-10-9-12(2)17(14)11-15(16)13-7-5-4-6-8-13/h4-8,12,14-15H,3,9-11,16H2,1-2H3/t12?,14?,15-/m0/s1. The lowest BCUT2D eigenvalue weighted by Gasteiger charge is -2.30. The highest BCUT2D eigenvalue weighted by atomic mass is 15.2. The third-order valence-corrected chi connectivity index (χ3v) is 4.06. The first-order valence-corrected chi connectivity index (χ1v) is 6.78. The van der Waals surface area contributed by atoms with Crippen LogP contribution in [-0.4, -0.2) is 23.5 Å². The third kappa shape index (κ3) is 2.88. The van der Waals surface area contributed by atoms with Crippen LogP contribution in [0.15, 0.2) is 30.3 Å². The van der Waals surface area contributed by atoms with Crippen LogP contribution >= 0.6 is 0 Å². The molecule has 0 aliphatic carbocycles. The quantitative estimate of drug-likeness (QED) is 0.865. The molecule has 2 N–H and O–H groups in total. The Morgan fingerprint density at radius 3 is 2.65 bits per heavy atom. The molecule has 1 aliphatic rings. The number of hydrogen-bond acceptors (Lipinski definition) is 2. The summed E-state index contributed by atoms with van der Waals surface area (Å²) in [6, 6.07) is 12.0. The number of nitrogens with zero attached hydrogens (tertiary/aromatic N) is 1. The molecule has 1 fully saturated rings. The van der Waals surface area contributed by atoms with E-state index in [1.807, 2.05) is 6.07 Å². The Hall–Kier alpha value is -0.860. The second kappa shape index (κ2) is 5.65. The summed E-state index contributed by atoms with van der Waals surface area (Å²) >= 11 is 0. The number of rotatable bonds is 4. The van der Waals surface area contributed by atoms with E-state index < -0.39 is 0 Å². The SMILES string of the molecule is CCC1CCC(C)N1C[C@H](N)c1ccccc1. The van der Waals surface area contributed by atoms with Gasteiger partial charge >= 0.3 is 0 Å². The van der Waals surface area contributed by atoms with Crippen LogP contribution in [0.25, 0.3) is 0 Å². The Morgan fingerprint density at radius 1 is 1.29 bits per heavy atom. The van der Waals surface area contributed by atoms with Gasteiger partial charge in [0.15, 0.2) is 0 Å². The Balaban J connectivity index is 2.00. The Labute approximate surface area is 105 Å². The van der Waals surface area contributed by atoms with Crippen LogP contribution in [-0.2, 0) is 0 Å². The van der Waals surface area contributed by atoms with E-state index in [4.69, 9.17) is 5.73 Å². The van der Waals surface area contributed by atoms with Gasteiger partial charge in [-0.25, -0.2) is 0 Å². The molecule has 2 unspecified atom stereocenters. The molecular formula is C15H24N2. The van der Waals surface area contributed by atoms with Crippen molar-refractivity contribution in [1.29, 1.82) is 0 Å². The van der Waals surface area contributed by atoms with Crippen LogP contribution in [0.2, 0.25) is 0 Å². The second-order valence-corrected chi connectivity index (χ2v) is 5.20. The summed E-state index contributed by atoms with van der Waals surface area (Å²) in [5.74, 6) is 0. The maximum Gasteiger partial charge on any atom is 0.0424 e. The normalized spacial score (nSPS) is 27.2. The number of benzene rings is 1. The molecule has 1 saturated heterocycles. The molecule has 1 aromatic carbocycles. The monoisotopic (exact) mass is 232 g/mol. The molecule has 17 heavy (non-hydrogen) atoms. The zero-order valence-electron chi connectivity index (χ0n) is 11.0. The van der Waals surface area contributed by atoms with Gasteiger partial charge in [0.25, 0.3) is 0 Å². The van der Waals surface area contributed by atoms with Gasteiger partial charge in [-0.15, -0.1) is 0 Å². The van der Waals surface area contributed by atoms with E-state index in [-0.39, 0.29) is 6.04 Å². The Morgan fingerprint density at radius 2 is 2.00 bits per heavy atom. The predicted molar refractivity (Wildman–Crippen MR) is 72.9 cm³/mol. The minimum Gasteiger partial charge on any atom is -0.323 e. The number of likely N-dealkylation sites (tertiary alicyclic amines) is 1. The maximum absolute atomic E-state index is 6.31. The van der Waals surface area contributed by atoms with Gasteiger partial charge in [0.1, 0.15) is 0 Å². The second-order valence-electron chi connectivity index (χ2n) is 5.20. The molecule has 1 heterocycles. The molecule has 0 amide bonds. The summed E-state index contributed by atoms with van der Waals surface area (Å²) in [6.07, 6.45) is 3.89. The molecule has 1 aliphatic heterocycles. The lowest BCUT2D eigenvalue weighted by atomic mass is 10.1. The first-order valence-electron chi connectivity index (χ1n) is 6.78. The van der Waals surface area contributed by atoms with Crippen molar-refractivity contribution in [3.63, 3.8) is 0 Å². The number of hydrogen-bond donors (Lipinski definition) is 1. The molecule has 2 rings (SSSR count). The molecule has 0 saturated carbocycles. The largest absolute Gasteiger partial charge is 0.323 e. The van der Waals surface area contributed by atoms with Gasteiger partial charge in [-0.1, -0.05) is 37.3 Å². The van der Waals surface area contributed by atoms with E-state index in [0.29, 0.717) is 6.04 Å². The van der Waals surface area contributed by atoms with Gasteiger partial charge in [0.05, 0.1) is 0 Å². The smallest absolute Gasteiger partial charge is 0.0424 e. The van der Waals surface area contributed by atoms with Crippen LogP contribution in [0.1, 0.15) is 44.7 Å². The molecular weight excluding hydrogens is 208 g/mol. The summed E-state index contributed by atoms with van der Waals surface area (Å²) in [4.78, 5) is 2.59. The van der Waals surface area contributed by atoms with Crippen molar-refractivity contribution in [2.24, 2.45) is 5.73 Å². The summed E-state index contributed by atoms with van der Waals surface area (Å²) < 4.78 is 0. The summed E-state index contributed by atoms with van der Waals surface area (Å²) in [5.41, 5.74) is 7.56. The zero-order valence-corrected chi connectivity index (χ0v) is 11.0. The van der Waals surface area contributed by atoms with Crippen molar-refractivity contribution in [2.45, 2.75) is 51.2 Å². The first-order chi connectivity index (χ1) is 8.22. The third-order valence-electron chi connectivity index (χ3n) is 4.06. The average molecular weight is 232 g/mol. The Bertz CT molecular complexity index is 336. The zero-order chi connectivity index (χ0) is 12.3. The molecule has 3 atom stereocenters. The molecule has 0 aromatic heterocycles. The van der Waals surface area contributed by atoms with Crippen molar-refractivity contribution in [3.8, 4) is 0 Å². The summed E-state index contributed by atoms with van der Waals surface area (Å²) in [6.45, 7) is 5.60. The fourth-order valence-corrected chi connectivity index (χ4v) is 2.93. The highest BCUT2D eigenvalue weighted by Gasteiger charge is 2.30. The molecule has 94 valence electrons. The highest BCUT2D eigenvalue weighted by molar-refractivity contribution is 5.18. The minimum atomic E-state index is 0.144. The van der Waals surface area contributed by atoms with Crippen LogP contribution in [0, 0.1) is 0 Å². The predicted octanol–water partition coefficient (Wildman–Crippen LogP) is 2.95. The van der Waals surface area contributed by atoms with Crippen molar-refractivity contribution in [3.05, 3.63) is 35.9 Å². The topological polar surface area (TPSA) is 29.3 Å². The fourth-order valence-electron chi connectivity index (χ4n) is 2.93. The molecule has 0 radical (unpaired) electrons. The van der Waals surface area contributed by atoms with Crippen LogP contribution in [0.5, 0.6) is 0 Å². The van der Waals surface area contributed by atoms with Crippen molar-refractivity contribution in [1.82, 2.24) is 4.90 Å². The van der Waals surface area contributed by atoms with E-state index in [9.17, 15) is 0 Å². The van der Waals surface area contributed by atoms with Crippen molar-refractivity contribution in [2.75, 3.05) is 6.54 Å². The fraction of sp³-hybridized carbons (Fsp3) is 0.600. The van der Waals surface area contributed by atoms with E-state index in [0.717, 1.165) is 12.6 Å². The molecule has 0 bridgehead atoms. The van der Waals surface area contributed by atoms with Crippen LogP contribution in [0.4, 0.5) is 0 Å². The summed E-state index contributed by atoms with van der Waals surface area (Å²) in [5, 5.41) is 0. The molecule has 0 spiro atoms. The first kappa shape index (κ1) is 12.6. The van der Waals surface area contributed by atoms with E-state index in [1.165, 1.54) is 24.8 Å². The van der Waals surface area contributed by atoms with Gasteiger partial charge in [0.2, 0.25) is 0 Å². The van der Waals surface area contributed by atoms with E-state index in [2.05, 4.69) is 43.0 Å². The van der Waals surface area contributed by atoms with Gasteiger partial charge in [-0.2, -0.15) is 0 Å². The minimum absolute atomic E-state index is 0.144. The van der Waals surface area contributed by atoms with Gasteiger partial charge in [-0.05, 0) is 31.7 Å². The van der Waals surface area contributed by atoms with Crippen LogP contribution in [0.3, 0.4) is 0 Å². The molecule has 1 aromatic rings. The van der Waals surface area contributed by atoms with Crippen LogP contribution < -0.4 is 5.73 Å². The lowest BCUT2D eigenvalue weighted by molar-refractivity contribution is 0.186. The van der Waals surface area contributed by atoms with Gasteiger partial charge < -0.3 is 5.73 Å². The van der Waals surface area contributed by atoms with E-state index in [1.54, 1.807) is 0 Å². The lowest BCUT2D eigenvalue weighted by Crippen LogP contribution is -2.39. The molecule has 2 heteroatoms. The number of nitrogens with two attached hydrogens (primary N) is 1. The van der Waals surface area contributed by atoms with E-state index >= 15 is 0 Å². The Kier molecular flexibility index (Phi) is 4.19. The summed E-state index contributed by atoms with van der Waals surface area (Å²) in [7, 11) is 0. The van der Waals surface area contributed by atoms with Gasteiger partial charge in [0, 0.05) is 24.7 Å². The average Bonchev–Trinajstić information content (AvgIpc) is 2.71. The molecule has 2 nitrogen and oxygen atoms in total. The highest BCUT2D eigenvalue weighted by Crippen LogP contribution is 2.27. The van der Waals surface area contributed by atoms with Crippen molar-refractivity contribution >= 4 is 0 Å².